The molecule has 0 aliphatic heterocycles. The molecule has 0 saturated carbocycles. The van der Waals surface area contributed by atoms with Gasteiger partial charge in [0.05, 0.1) is 0 Å². The van der Waals surface area contributed by atoms with E-state index in [2.05, 4.69) is 9.99 Å². The van der Waals surface area contributed by atoms with Gasteiger partial charge in [0.15, 0.2) is 6.21 Å². The van der Waals surface area contributed by atoms with Crippen molar-refractivity contribution in [2.24, 2.45) is 5.16 Å². The molecule has 0 rings (SSSR count). The molecule has 0 heterocycles. The Balaban J connectivity index is 0. The van der Waals surface area contributed by atoms with E-state index in [0.29, 0.717) is 6.21 Å². The Bertz CT molecular complexity index is 92.5. The van der Waals surface area contributed by atoms with Crippen LogP contribution in [0.2, 0.25) is 0 Å². The molecule has 0 saturated heterocycles. The van der Waals surface area contributed by atoms with Crippen molar-refractivity contribution >= 4 is 12.2 Å². The van der Waals surface area contributed by atoms with Crippen molar-refractivity contribution in [1.29, 1.82) is 0 Å². The van der Waals surface area contributed by atoms with Crippen LogP contribution in [-0.2, 0) is 29.1 Å². The van der Waals surface area contributed by atoms with Crippen LogP contribution in [0.3, 0.4) is 0 Å². The fourth-order valence-electron chi connectivity index (χ4n) is 0.0978. The molecule has 0 aromatic heterocycles. The number of nitrogens with zero attached hydrogens (tertiary/aromatic N) is 1. The number of hydrogen-bond donors (Lipinski definition) is 1. The molecule has 0 atom stereocenters. The van der Waals surface area contributed by atoms with Crippen molar-refractivity contribution in [2.45, 2.75) is 0 Å². The van der Waals surface area contributed by atoms with Crippen LogP contribution in [-0.4, -0.2) is 24.4 Å². The van der Waals surface area contributed by atoms with E-state index in [9.17, 15) is 4.79 Å². The van der Waals surface area contributed by atoms with Gasteiger partial charge in [-0.15, -0.1) is 0 Å². The summed E-state index contributed by atoms with van der Waals surface area (Å²) in [6.07, 6.45) is 0.667. The van der Waals surface area contributed by atoms with Crippen LogP contribution in [0.5, 0.6) is 0 Å². The molecule has 0 bridgehead atoms. The van der Waals surface area contributed by atoms with E-state index in [1.165, 1.54) is 7.11 Å². The molecule has 0 amide bonds. The smallest absolute Gasteiger partial charge is 0.350 e. The molecule has 0 fully saturated rings. The van der Waals surface area contributed by atoms with Crippen molar-refractivity contribution in [2.75, 3.05) is 7.11 Å². The first kappa shape index (κ1) is 10.5. The van der Waals surface area contributed by atoms with Gasteiger partial charge in [-0.25, -0.2) is 4.79 Å². The van der Waals surface area contributed by atoms with Crippen molar-refractivity contribution in [3.05, 3.63) is 0 Å². The number of carboxylic acid groups (broad SMARTS) is 1. The Hall–Kier alpha value is -0.437. The van der Waals surface area contributed by atoms with Crippen molar-refractivity contribution in [3.63, 3.8) is 0 Å². The summed E-state index contributed by atoms with van der Waals surface area (Å²) < 4.78 is 0. The molecule has 0 aliphatic rings. The number of hydrogen-bond acceptors (Lipinski definition) is 3. The van der Waals surface area contributed by atoms with Gasteiger partial charge < -0.3 is 9.94 Å². The molecule has 0 spiro atoms. The zero-order valence-corrected chi connectivity index (χ0v) is 7.46. The van der Waals surface area contributed by atoms with Gasteiger partial charge in [0.1, 0.15) is 7.11 Å². The standard InChI is InChI=1S/C3H5NO3.Zn/c1-7-4-2-3(5)6;/h2H,1H3,(H,5,6);. The summed E-state index contributed by atoms with van der Waals surface area (Å²) in [6, 6.07) is 0. The zero-order chi connectivity index (χ0) is 5.70. The van der Waals surface area contributed by atoms with Gasteiger partial charge in [-0.2, -0.15) is 0 Å². The molecule has 42 valence electrons. The Kier molecular flexibility index (Phi) is 8.64. The molecule has 0 aliphatic carbocycles. The van der Waals surface area contributed by atoms with Gasteiger partial charge in [-0.1, -0.05) is 5.16 Å². The molecule has 0 unspecified atom stereocenters. The van der Waals surface area contributed by atoms with E-state index in [1.807, 2.05) is 0 Å². The predicted molar refractivity (Wildman–Crippen MR) is 23.1 cm³/mol. The van der Waals surface area contributed by atoms with Crippen LogP contribution in [0.15, 0.2) is 5.16 Å². The minimum atomic E-state index is -1.11. The molecule has 0 radical (unpaired) electrons. The third kappa shape index (κ3) is 9.12. The zero-order valence-electron chi connectivity index (χ0n) is 4.50. The van der Waals surface area contributed by atoms with Crippen LogP contribution in [0, 0.1) is 0 Å². The summed E-state index contributed by atoms with van der Waals surface area (Å²) in [7, 11) is 1.28. The number of carboxylic acids is 1. The molecule has 1 N–H and O–H groups in total. The van der Waals surface area contributed by atoms with Gasteiger partial charge in [0, 0.05) is 19.5 Å². The molecule has 8 heavy (non-hydrogen) atoms. The average Bonchev–Trinajstić information content (AvgIpc) is 1.61. The summed E-state index contributed by atoms with van der Waals surface area (Å²) in [4.78, 5) is 13.6. The van der Waals surface area contributed by atoms with E-state index in [0.717, 1.165) is 0 Å². The minimum absolute atomic E-state index is 0. The topological polar surface area (TPSA) is 58.9 Å². The largest absolute Gasteiger partial charge is 0.477 e. The summed E-state index contributed by atoms with van der Waals surface area (Å²) >= 11 is 0. The van der Waals surface area contributed by atoms with E-state index in [-0.39, 0.29) is 19.5 Å². The van der Waals surface area contributed by atoms with Gasteiger partial charge in [0.25, 0.3) is 0 Å². The first-order valence-electron chi connectivity index (χ1n) is 1.57. The summed E-state index contributed by atoms with van der Waals surface area (Å²) in [5, 5.41) is 10.8. The maximum Gasteiger partial charge on any atom is 0.350 e. The number of rotatable bonds is 2. The van der Waals surface area contributed by atoms with Crippen molar-refractivity contribution < 1.29 is 34.2 Å². The van der Waals surface area contributed by atoms with Gasteiger partial charge in [-0.05, 0) is 0 Å². The fraction of sp³-hybridized carbons (Fsp3) is 0.333. The third-order valence-corrected chi connectivity index (χ3v) is 0.269. The number of oxime groups is 1. The maximum atomic E-state index is 9.53. The van der Waals surface area contributed by atoms with Crippen LogP contribution in [0.1, 0.15) is 0 Å². The van der Waals surface area contributed by atoms with Crippen LogP contribution < -0.4 is 0 Å². The van der Waals surface area contributed by atoms with E-state index >= 15 is 0 Å². The monoisotopic (exact) mass is 167 g/mol. The summed E-state index contributed by atoms with van der Waals surface area (Å²) in [6.45, 7) is 0. The fourth-order valence-corrected chi connectivity index (χ4v) is 0.0978. The van der Waals surface area contributed by atoms with E-state index in [4.69, 9.17) is 5.11 Å². The Morgan fingerprint density at radius 1 is 1.88 bits per heavy atom. The van der Waals surface area contributed by atoms with E-state index in [1.54, 1.807) is 0 Å². The Labute approximate surface area is 59.3 Å². The quantitative estimate of drug-likeness (QED) is 0.350. The molecule has 0 aromatic rings. The molecule has 4 nitrogen and oxygen atoms in total. The predicted octanol–water partition coefficient (Wildman–Crippen LogP) is -0.299. The first-order chi connectivity index (χ1) is 3.27. The van der Waals surface area contributed by atoms with Gasteiger partial charge in [-0.3, -0.25) is 0 Å². The maximum absolute atomic E-state index is 9.53. The first-order valence-corrected chi connectivity index (χ1v) is 1.57. The molecular weight excluding hydrogens is 163 g/mol. The van der Waals surface area contributed by atoms with Crippen LogP contribution in [0.4, 0.5) is 0 Å². The average molecular weight is 168 g/mol. The molecule has 0 aromatic carbocycles. The Morgan fingerprint density at radius 2 is 2.38 bits per heavy atom. The summed E-state index contributed by atoms with van der Waals surface area (Å²) in [5.74, 6) is -1.11. The number of carbonyl (C=O) groups is 1. The second kappa shape index (κ2) is 6.56. The van der Waals surface area contributed by atoms with Gasteiger partial charge >= 0.3 is 5.97 Å². The minimum Gasteiger partial charge on any atom is -0.477 e. The SMILES string of the molecule is CON=CC(=O)O.[Zn]. The molecule has 5 heteroatoms. The van der Waals surface area contributed by atoms with Crippen LogP contribution >= 0.6 is 0 Å². The Morgan fingerprint density at radius 3 is 2.50 bits per heavy atom. The van der Waals surface area contributed by atoms with Crippen molar-refractivity contribution in [3.8, 4) is 0 Å². The normalized spacial score (nSPS) is 8.12. The second-order valence-electron chi connectivity index (χ2n) is 0.755. The van der Waals surface area contributed by atoms with Gasteiger partial charge in [0.2, 0.25) is 0 Å². The molecular formula is C3H5NO3Zn. The van der Waals surface area contributed by atoms with Crippen LogP contribution in [0.25, 0.3) is 0 Å². The number of aliphatic carboxylic acids is 1. The third-order valence-electron chi connectivity index (χ3n) is 0.269. The second-order valence-corrected chi connectivity index (χ2v) is 0.755. The summed E-state index contributed by atoms with van der Waals surface area (Å²) in [5.41, 5.74) is 0. The van der Waals surface area contributed by atoms with Crippen molar-refractivity contribution in [1.82, 2.24) is 0 Å². The van der Waals surface area contributed by atoms with E-state index < -0.39 is 5.97 Å².